The molecule has 0 radical (unpaired) electrons. The lowest BCUT2D eigenvalue weighted by Gasteiger charge is -2.11. The van der Waals surface area contributed by atoms with Crippen molar-refractivity contribution in [2.45, 2.75) is 6.54 Å². The molecule has 0 saturated carbocycles. The first kappa shape index (κ1) is 13.3. The lowest BCUT2D eigenvalue weighted by Crippen LogP contribution is -2.23. The highest BCUT2D eigenvalue weighted by molar-refractivity contribution is 6.33. The highest BCUT2D eigenvalue weighted by Crippen LogP contribution is 2.26. The molecular formula is C16H10ClN3O. The van der Waals surface area contributed by atoms with Crippen molar-refractivity contribution in [2.75, 3.05) is 0 Å². The molecule has 0 aliphatic heterocycles. The Balaban J connectivity index is 2.42. The monoisotopic (exact) mass is 295 g/mol. The average molecular weight is 296 g/mol. The van der Waals surface area contributed by atoms with Crippen molar-refractivity contribution in [3.63, 3.8) is 0 Å². The molecule has 21 heavy (non-hydrogen) atoms. The Labute approximate surface area is 125 Å². The molecule has 0 fully saturated rings. The van der Waals surface area contributed by atoms with Gasteiger partial charge in [-0.15, -0.1) is 0 Å². The lowest BCUT2D eigenvalue weighted by atomic mass is 10.1. The maximum atomic E-state index is 12.6. The number of halogens is 1. The minimum atomic E-state index is -0.239. The number of nitrogens with zero attached hydrogens (tertiary/aromatic N) is 3. The van der Waals surface area contributed by atoms with E-state index in [0.29, 0.717) is 27.3 Å². The zero-order valence-corrected chi connectivity index (χ0v) is 11.7. The van der Waals surface area contributed by atoms with E-state index in [0.717, 1.165) is 0 Å². The maximum Gasteiger partial charge on any atom is 0.262 e. The summed E-state index contributed by atoms with van der Waals surface area (Å²) in [7, 11) is 0. The number of hydrogen-bond donors (Lipinski definition) is 0. The molecule has 0 unspecified atom stereocenters. The topological polar surface area (TPSA) is 58.7 Å². The molecule has 1 heterocycles. The molecule has 0 aliphatic rings. The summed E-state index contributed by atoms with van der Waals surface area (Å²) in [6.07, 6.45) is 0. The van der Waals surface area contributed by atoms with Gasteiger partial charge in [0.2, 0.25) is 0 Å². The Morgan fingerprint density at radius 1 is 1.14 bits per heavy atom. The second-order valence-corrected chi connectivity index (χ2v) is 4.89. The number of benzene rings is 2. The predicted molar refractivity (Wildman–Crippen MR) is 82.1 cm³/mol. The number of nitriles is 1. The van der Waals surface area contributed by atoms with Crippen LogP contribution in [0, 0.1) is 11.3 Å². The van der Waals surface area contributed by atoms with E-state index in [1.807, 2.05) is 18.2 Å². The highest BCUT2D eigenvalue weighted by Gasteiger charge is 2.14. The first-order valence-corrected chi connectivity index (χ1v) is 6.71. The molecule has 1 aromatic heterocycles. The summed E-state index contributed by atoms with van der Waals surface area (Å²) in [6.45, 7) is -0.0722. The minimum absolute atomic E-state index is 0.0722. The van der Waals surface area contributed by atoms with Gasteiger partial charge in [0.1, 0.15) is 12.4 Å². The van der Waals surface area contributed by atoms with E-state index in [1.54, 1.807) is 36.4 Å². The van der Waals surface area contributed by atoms with Crippen LogP contribution in [0.15, 0.2) is 53.3 Å². The van der Waals surface area contributed by atoms with Gasteiger partial charge in [-0.25, -0.2) is 4.98 Å². The molecule has 3 aromatic rings. The van der Waals surface area contributed by atoms with E-state index < -0.39 is 0 Å². The third-order valence-corrected chi connectivity index (χ3v) is 3.53. The number of rotatable bonds is 2. The van der Waals surface area contributed by atoms with Crippen LogP contribution in [0.25, 0.3) is 22.3 Å². The van der Waals surface area contributed by atoms with Gasteiger partial charge in [0.15, 0.2) is 0 Å². The molecule has 2 aromatic carbocycles. The molecule has 0 N–H and O–H groups in total. The van der Waals surface area contributed by atoms with E-state index in [-0.39, 0.29) is 12.1 Å². The molecule has 4 nitrogen and oxygen atoms in total. The fraction of sp³-hybridized carbons (Fsp3) is 0.0625. The summed E-state index contributed by atoms with van der Waals surface area (Å²) in [6, 6.07) is 16.2. The van der Waals surface area contributed by atoms with Gasteiger partial charge in [0, 0.05) is 5.56 Å². The van der Waals surface area contributed by atoms with Gasteiger partial charge < -0.3 is 0 Å². The first-order valence-electron chi connectivity index (χ1n) is 6.34. The van der Waals surface area contributed by atoms with E-state index in [1.165, 1.54) is 4.57 Å². The smallest absolute Gasteiger partial charge is 0.262 e. The molecule has 102 valence electrons. The molecule has 0 atom stereocenters. The largest absolute Gasteiger partial charge is 0.278 e. The Hall–Kier alpha value is -2.64. The summed E-state index contributed by atoms with van der Waals surface area (Å²) < 4.78 is 1.35. The first-order chi connectivity index (χ1) is 10.2. The van der Waals surface area contributed by atoms with Gasteiger partial charge in [-0.1, -0.05) is 35.9 Å². The molecule has 0 saturated heterocycles. The van der Waals surface area contributed by atoms with Gasteiger partial charge in [-0.3, -0.25) is 9.36 Å². The van der Waals surface area contributed by atoms with Gasteiger partial charge in [-0.2, -0.15) is 5.26 Å². The van der Waals surface area contributed by atoms with Crippen molar-refractivity contribution in [1.82, 2.24) is 9.55 Å². The zero-order valence-electron chi connectivity index (χ0n) is 11.0. The Bertz CT molecular complexity index is 925. The minimum Gasteiger partial charge on any atom is -0.278 e. The van der Waals surface area contributed by atoms with E-state index in [2.05, 4.69) is 4.98 Å². The molecular weight excluding hydrogens is 286 g/mol. The van der Waals surface area contributed by atoms with Crippen LogP contribution in [0.3, 0.4) is 0 Å². The second kappa shape index (κ2) is 5.39. The fourth-order valence-corrected chi connectivity index (χ4v) is 2.45. The van der Waals surface area contributed by atoms with Gasteiger partial charge in [-0.05, 0) is 24.3 Å². The van der Waals surface area contributed by atoms with Crippen LogP contribution < -0.4 is 5.56 Å². The van der Waals surface area contributed by atoms with Crippen LogP contribution in [0.4, 0.5) is 0 Å². The van der Waals surface area contributed by atoms with Crippen molar-refractivity contribution in [3.8, 4) is 17.5 Å². The standard InChI is InChI=1S/C16H10ClN3O/c17-13-7-3-1-5-11(13)15-19-14-8-4-2-6-12(14)16(21)20(15)10-9-18/h1-8H,10H2. The third kappa shape index (κ3) is 2.28. The van der Waals surface area contributed by atoms with Crippen LogP contribution in [-0.2, 0) is 6.54 Å². The van der Waals surface area contributed by atoms with Crippen LogP contribution in [-0.4, -0.2) is 9.55 Å². The van der Waals surface area contributed by atoms with Crippen LogP contribution >= 0.6 is 11.6 Å². The molecule has 0 amide bonds. The van der Waals surface area contributed by atoms with Crippen molar-refractivity contribution < 1.29 is 0 Å². The maximum absolute atomic E-state index is 12.6. The van der Waals surface area contributed by atoms with E-state index in [4.69, 9.17) is 16.9 Å². The fourth-order valence-electron chi connectivity index (χ4n) is 2.23. The molecule has 0 bridgehead atoms. The van der Waals surface area contributed by atoms with E-state index >= 15 is 0 Å². The van der Waals surface area contributed by atoms with Gasteiger partial charge in [0.25, 0.3) is 5.56 Å². The van der Waals surface area contributed by atoms with Gasteiger partial charge in [0.05, 0.1) is 22.0 Å². The summed E-state index contributed by atoms with van der Waals surface area (Å²) in [4.78, 5) is 17.1. The molecule has 0 aliphatic carbocycles. The predicted octanol–water partition coefficient (Wildman–Crippen LogP) is 3.24. The number of hydrogen-bond acceptors (Lipinski definition) is 3. The molecule has 5 heteroatoms. The van der Waals surface area contributed by atoms with Crippen molar-refractivity contribution >= 4 is 22.5 Å². The number of para-hydroxylation sites is 1. The third-order valence-electron chi connectivity index (χ3n) is 3.21. The summed E-state index contributed by atoms with van der Waals surface area (Å²) in [5, 5.41) is 9.97. The van der Waals surface area contributed by atoms with Crippen molar-refractivity contribution in [1.29, 1.82) is 5.26 Å². The van der Waals surface area contributed by atoms with E-state index in [9.17, 15) is 4.79 Å². The highest BCUT2D eigenvalue weighted by atomic mass is 35.5. The summed E-state index contributed by atoms with van der Waals surface area (Å²) >= 11 is 6.20. The van der Waals surface area contributed by atoms with Crippen molar-refractivity contribution in [3.05, 3.63) is 63.9 Å². The Kier molecular flexibility index (Phi) is 3.43. The van der Waals surface area contributed by atoms with Gasteiger partial charge >= 0.3 is 0 Å². The quantitative estimate of drug-likeness (QED) is 0.729. The van der Waals surface area contributed by atoms with Crippen LogP contribution in [0.5, 0.6) is 0 Å². The van der Waals surface area contributed by atoms with Crippen molar-refractivity contribution in [2.24, 2.45) is 0 Å². The summed E-state index contributed by atoms with van der Waals surface area (Å²) in [5.74, 6) is 0.408. The average Bonchev–Trinajstić information content (AvgIpc) is 2.51. The Morgan fingerprint density at radius 3 is 2.62 bits per heavy atom. The van der Waals surface area contributed by atoms with Crippen LogP contribution in [0.2, 0.25) is 5.02 Å². The normalized spacial score (nSPS) is 10.5. The molecule has 3 rings (SSSR count). The zero-order chi connectivity index (χ0) is 14.8. The SMILES string of the molecule is N#CCn1c(-c2ccccc2Cl)nc2ccccc2c1=O. The van der Waals surface area contributed by atoms with Crippen LogP contribution in [0.1, 0.15) is 0 Å². The second-order valence-electron chi connectivity index (χ2n) is 4.48. The summed E-state index contributed by atoms with van der Waals surface area (Å²) in [5.41, 5.74) is 0.987. The molecule has 0 spiro atoms. The lowest BCUT2D eigenvalue weighted by molar-refractivity contribution is 0.787. The number of aromatic nitrogens is 2. The number of fused-ring (bicyclic) bond motifs is 1. The Morgan fingerprint density at radius 2 is 1.86 bits per heavy atom.